The second kappa shape index (κ2) is 3.64. The highest BCUT2D eigenvalue weighted by Crippen LogP contribution is 2.35. The van der Waals surface area contributed by atoms with Gasteiger partial charge in [-0.3, -0.25) is 4.79 Å². The first-order chi connectivity index (χ1) is 7.44. The molecular weight excluding hydrogens is 208 g/mol. The zero-order valence-corrected chi connectivity index (χ0v) is 9.77. The Kier molecular flexibility index (Phi) is 2.56. The van der Waals surface area contributed by atoms with E-state index in [0.717, 1.165) is 19.4 Å². The molecule has 2 aliphatic heterocycles. The summed E-state index contributed by atoms with van der Waals surface area (Å²) in [5.74, 6) is -0.799. The third-order valence-electron chi connectivity index (χ3n) is 3.88. The molecule has 90 valence electrons. The third kappa shape index (κ3) is 1.64. The molecule has 2 heterocycles. The first kappa shape index (κ1) is 11.2. The van der Waals surface area contributed by atoms with E-state index in [-0.39, 0.29) is 12.1 Å². The van der Waals surface area contributed by atoms with Gasteiger partial charge < -0.3 is 14.9 Å². The second-order valence-electron chi connectivity index (χ2n) is 5.18. The van der Waals surface area contributed by atoms with Crippen LogP contribution in [0.5, 0.6) is 0 Å². The number of urea groups is 1. The van der Waals surface area contributed by atoms with E-state index in [1.165, 1.54) is 0 Å². The van der Waals surface area contributed by atoms with E-state index in [9.17, 15) is 14.7 Å². The van der Waals surface area contributed by atoms with Crippen LogP contribution in [0.3, 0.4) is 0 Å². The Morgan fingerprint density at radius 2 is 2.19 bits per heavy atom. The molecule has 0 aromatic carbocycles. The van der Waals surface area contributed by atoms with Gasteiger partial charge in [-0.1, -0.05) is 0 Å². The van der Waals surface area contributed by atoms with Crippen molar-refractivity contribution < 1.29 is 14.7 Å². The van der Waals surface area contributed by atoms with Gasteiger partial charge in [-0.15, -0.1) is 0 Å². The lowest BCUT2D eigenvalue weighted by Crippen LogP contribution is -2.59. The smallest absolute Gasteiger partial charge is 0.320 e. The van der Waals surface area contributed by atoms with Crippen molar-refractivity contribution in [2.75, 3.05) is 20.1 Å². The van der Waals surface area contributed by atoms with E-state index in [2.05, 4.69) is 0 Å². The van der Waals surface area contributed by atoms with Crippen LogP contribution < -0.4 is 0 Å². The number of hydrogen-bond acceptors (Lipinski definition) is 2. The van der Waals surface area contributed by atoms with Crippen LogP contribution in [0.25, 0.3) is 0 Å². The molecule has 2 unspecified atom stereocenters. The molecule has 2 saturated heterocycles. The van der Waals surface area contributed by atoms with Crippen LogP contribution in [0.1, 0.15) is 26.2 Å². The molecule has 0 radical (unpaired) electrons. The van der Waals surface area contributed by atoms with Gasteiger partial charge in [-0.2, -0.15) is 0 Å². The molecule has 2 amide bonds. The minimum atomic E-state index is -0.799. The number of carboxylic acid groups (broad SMARTS) is 1. The molecule has 16 heavy (non-hydrogen) atoms. The molecular formula is C11H18N2O3. The zero-order valence-electron chi connectivity index (χ0n) is 9.77. The Morgan fingerprint density at radius 1 is 1.50 bits per heavy atom. The lowest BCUT2D eigenvalue weighted by Gasteiger charge is -2.47. The van der Waals surface area contributed by atoms with E-state index >= 15 is 0 Å². The molecule has 1 N–H and O–H groups in total. The van der Waals surface area contributed by atoms with Crippen LogP contribution in [-0.2, 0) is 4.79 Å². The molecule has 2 aliphatic rings. The Bertz CT molecular complexity index is 331. The normalized spacial score (nSPS) is 34.9. The molecule has 0 aromatic heterocycles. The summed E-state index contributed by atoms with van der Waals surface area (Å²) in [7, 11) is 1.77. The van der Waals surface area contributed by atoms with Crippen molar-refractivity contribution in [3.05, 3.63) is 0 Å². The van der Waals surface area contributed by atoms with Crippen molar-refractivity contribution >= 4 is 12.0 Å². The average molecular weight is 226 g/mol. The fraction of sp³-hybridized carbons (Fsp3) is 0.818. The summed E-state index contributed by atoms with van der Waals surface area (Å²) in [5.41, 5.74) is -0.773. The zero-order chi connectivity index (χ0) is 11.9. The fourth-order valence-electron chi connectivity index (χ4n) is 2.58. The highest BCUT2D eigenvalue weighted by atomic mass is 16.4. The number of aliphatic carboxylic acids is 1. The molecule has 5 nitrogen and oxygen atoms in total. The van der Waals surface area contributed by atoms with Crippen molar-refractivity contribution in [1.82, 2.24) is 9.80 Å². The summed E-state index contributed by atoms with van der Waals surface area (Å²) in [4.78, 5) is 26.5. The lowest BCUT2D eigenvalue weighted by atomic mass is 9.78. The number of rotatable bonds is 1. The van der Waals surface area contributed by atoms with Crippen LogP contribution in [0, 0.1) is 5.41 Å². The van der Waals surface area contributed by atoms with Gasteiger partial charge in [0.25, 0.3) is 0 Å². The van der Waals surface area contributed by atoms with Gasteiger partial charge in [-0.25, -0.2) is 4.79 Å². The fourth-order valence-corrected chi connectivity index (χ4v) is 2.58. The molecule has 2 fully saturated rings. The predicted octanol–water partition coefficient (Wildman–Crippen LogP) is 0.997. The molecule has 0 bridgehead atoms. The van der Waals surface area contributed by atoms with Crippen LogP contribution in [-0.4, -0.2) is 53.1 Å². The summed E-state index contributed by atoms with van der Waals surface area (Å²) < 4.78 is 0. The van der Waals surface area contributed by atoms with Crippen molar-refractivity contribution in [2.45, 2.75) is 32.2 Å². The van der Waals surface area contributed by atoms with Crippen LogP contribution in [0.4, 0.5) is 4.79 Å². The van der Waals surface area contributed by atoms with E-state index in [0.29, 0.717) is 13.0 Å². The van der Waals surface area contributed by atoms with Crippen LogP contribution >= 0.6 is 0 Å². The van der Waals surface area contributed by atoms with Crippen LogP contribution in [0.2, 0.25) is 0 Å². The molecule has 0 aliphatic carbocycles. The van der Waals surface area contributed by atoms with Gasteiger partial charge in [0.05, 0.1) is 5.41 Å². The summed E-state index contributed by atoms with van der Waals surface area (Å²) in [6, 6.07) is 0.222. The maximum Gasteiger partial charge on any atom is 0.320 e. The lowest BCUT2D eigenvalue weighted by molar-refractivity contribution is -0.151. The van der Waals surface area contributed by atoms with Gasteiger partial charge in [-0.05, 0) is 26.2 Å². The Morgan fingerprint density at radius 3 is 2.81 bits per heavy atom. The Hall–Kier alpha value is -1.26. The number of carbonyl (C=O) groups is 2. The Labute approximate surface area is 95.0 Å². The van der Waals surface area contributed by atoms with Crippen molar-refractivity contribution in [3.63, 3.8) is 0 Å². The molecule has 2 atom stereocenters. The van der Waals surface area contributed by atoms with E-state index < -0.39 is 11.4 Å². The first-order valence-corrected chi connectivity index (χ1v) is 5.69. The minimum absolute atomic E-state index is 0.0246. The SMILES string of the molecule is CN1CCC2CCC(C)(C(=O)O)CN2C1=O. The van der Waals surface area contributed by atoms with Crippen molar-refractivity contribution in [2.24, 2.45) is 5.41 Å². The number of fused-ring (bicyclic) bond motifs is 1. The summed E-state index contributed by atoms with van der Waals surface area (Å²) in [5, 5.41) is 9.19. The van der Waals surface area contributed by atoms with Gasteiger partial charge >= 0.3 is 12.0 Å². The highest BCUT2D eigenvalue weighted by Gasteiger charge is 2.45. The quantitative estimate of drug-likeness (QED) is 0.725. The highest BCUT2D eigenvalue weighted by molar-refractivity contribution is 5.79. The van der Waals surface area contributed by atoms with Crippen molar-refractivity contribution in [3.8, 4) is 0 Å². The number of piperidine rings is 1. The minimum Gasteiger partial charge on any atom is -0.481 e. The van der Waals surface area contributed by atoms with Crippen LogP contribution in [0.15, 0.2) is 0 Å². The average Bonchev–Trinajstić information content (AvgIpc) is 2.24. The van der Waals surface area contributed by atoms with Gasteiger partial charge in [0.15, 0.2) is 0 Å². The number of nitrogens with zero attached hydrogens (tertiary/aromatic N) is 2. The first-order valence-electron chi connectivity index (χ1n) is 5.69. The van der Waals surface area contributed by atoms with E-state index in [4.69, 9.17) is 0 Å². The van der Waals surface area contributed by atoms with Gasteiger partial charge in [0.2, 0.25) is 0 Å². The van der Waals surface area contributed by atoms with Crippen molar-refractivity contribution in [1.29, 1.82) is 0 Å². The Balaban J connectivity index is 2.17. The monoisotopic (exact) mass is 226 g/mol. The molecule has 0 saturated carbocycles. The van der Waals surface area contributed by atoms with Gasteiger partial charge in [0.1, 0.15) is 0 Å². The molecule has 0 aromatic rings. The topological polar surface area (TPSA) is 60.9 Å². The second-order valence-corrected chi connectivity index (χ2v) is 5.18. The maximum absolute atomic E-state index is 11.9. The molecule has 2 rings (SSSR count). The maximum atomic E-state index is 11.9. The van der Waals surface area contributed by atoms with Gasteiger partial charge in [0, 0.05) is 26.2 Å². The predicted molar refractivity (Wildman–Crippen MR) is 58.1 cm³/mol. The molecule has 0 spiro atoms. The number of carboxylic acids is 1. The van der Waals surface area contributed by atoms with E-state index in [1.807, 2.05) is 0 Å². The number of amides is 2. The summed E-state index contributed by atoms with van der Waals surface area (Å²) >= 11 is 0. The summed E-state index contributed by atoms with van der Waals surface area (Å²) in [6.07, 6.45) is 2.43. The summed E-state index contributed by atoms with van der Waals surface area (Å²) in [6.45, 7) is 2.85. The molecule has 5 heteroatoms. The number of carbonyl (C=O) groups excluding carboxylic acids is 1. The standard InChI is InChI=1S/C11H18N2O3/c1-11(9(14)15)5-3-8-4-6-12(2)10(16)13(8)7-11/h8H,3-7H2,1-2H3,(H,14,15). The van der Waals surface area contributed by atoms with E-state index in [1.54, 1.807) is 23.8 Å². The third-order valence-corrected chi connectivity index (χ3v) is 3.88. The largest absolute Gasteiger partial charge is 0.481 e. The number of hydrogen-bond donors (Lipinski definition) is 1.